The highest BCUT2D eigenvalue weighted by atomic mass is 35.5. The van der Waals surface area contributed by atoms with Gasteiger partial charge in [-0.2, -0.15) is 0 Å². The van der Waals surface area contributed by atoms with Crippen LogP contribution >= 0.6 is 23.2 Å². The average molecular weight is 383 g/mol. The molecule has 3 nitrogen and oxygen atoms in total. The zero-order valence-corrected chi connectivity index (χ0v) is 15.3. The summed E-state index contributed by atoms with van der Waals surface area (Å²) < 4.78 is 24.0. The highest BCUT2D eigenvalue weighted by Crippen LogP contribution is 2.59. The molecule has 1 aliphatic rings. The lowest BCUT2D eigenvalue weighted by atomic mass is 10.1. The number of hydrogen-bond donors (Lipinski definition) is 0. The molecule has 3 rings (SSSR count). The second-order valence-electron chi connectivity index (χ2n) is 6.14. The van der Waals surface area contributed by atoms with Gasteiger partial charge in [0.25, 0.3) is 0 Å². The van der Waals surface area contributed by atoms with E-state index in [1.54, 1.807) is 36.4 Å². The molecular weight excluding hydrogens is 367 g/mol. The van der Waals surface area contributed by atoms with E-state index in [1.165, 1.54) is 12.1 Å². The van der Waals surface area contributed by atoms with Crippen LogP contribution in [-0.2, 0) is 9.84 Å². The van der Waals surface area contributed by atoms with Gasteiger partial charge in [0.15, 0.2) is 15.6 Å². The maximum absolute atomic E-state index is 12.3. The Morgan fingerprint density at radius 3 is 2.12 bits per heavy atom. The zero-order chi connectivity index (χ0) is 17.5. The minimum Gasteiger partial charge on any atom is -0.293 e. The van der Waals surface area contributed by atoms with Crippen LogP contribution in [0.2, 0.25) is 0 Å². The Balaban J connectivity index is 1.74. The lowest BCUT2D eigenvalue weighted by Gasteiger charge is -2.06. The first kappa shape index (κ1) is 17.5. The van der Waals surface area contributed by atoms with E-state index in [9.17, 15) is 13.2 Å². The quantitative estimate of drug-likeness (QED) is 0.571. The third-order valence-corrected chi connectivity index (χ3v) is 6.63. The minimum absolute atomic E-state index is 0.0706. The molecule has 0 amide bonds. The maximum atomic E-state index is 12.3. The molecule has 0 unspecified atom stereocenters. The fourth-order valence-electron chi connectivity index (χ4n) is 2.56. The average Bonchev–Trinajstić information content (AvgIpc) is 3.16. The number of rotatable bonds is 5. The molecule has 6 heteroatoms. The number of hydrogen-bond acceptors (Lipinski definition) is 3. The molecule has 1 saturated carbocycles. The second kappa shape index (κ2) is 6.17. The molecule has 0 bridgehead atoms. The number of Topliss-reactive ketones (excluding diaryl/α,β-unsaturated/α-hetero) is 1. The third-order valence-electron chi connectivity index (χ3n) is 4.16. The number of carbonyl (C=O) groups is 1. The topological polar surface area (TPSA) is 51.2 Å². The van der Waals surface area contributed by atoms with E-state index in [0.717, 1.165) is 11.1 Å². The normalized spacial score (nSPS) is 19.0. The molecule has 1 fully saturated rings. The monoisotopic (exact) mass is 382 g/mol. The number of benzene rings is 2. The number of ketones is 1. The Morgan fingerprint density at radius 1 is 1.08 bits per heavy atom. The van der Waals surface area contributed by atoms with Crippen molar-refractivity contribution in [3.8, 4) is 0 Å². The van der Waals surface area contributed by atoms with Crippen molar-refractivity contribution in [1.82, 2.24) is 0 Å². The molecule has 2 aromatic rings. The summed E-state index contributed by atoms with van der Waals surface area (Å²) in [5, 5.41) is 0. The summed E-state index contributed by atoms with van der Waals surface area (Å²) in [4.78, 5) is 12.5. The predicted octanol–water partition coefficient (Wildman–Crippen LogP) is 4.31. The lowest BCUT2D eigenvalue weighted by molar-refractivity contribution is 0.102. The molecule has 24 heavy (non-hydrogen) atoms. The molecule has 126 valence electrons. The van der Waals surface area contributed by atoms with Crippen molar-refractivity contribution in [3.05, 3.63) is 65.2 Å². The van der Waals surface area contributed by atoms with Crippen LogP contribution in [0.1, 0.15) is 33.8 Å². The van der Waals surface area contributed by atoms with E-state index in [4.69, 9.17) is 23.2 Å². The lowest BCUT2D eigenvalue weighted by Crippen LogP contribution is -2.16. The summed E-state index contributed by atoms with van der Waals surface area (Å²) in [6.07, 6.45) is 0.686. The molecule has 2 aromatic carbocycles. The summed E-state index contributed by atoms with van der Waals surface area (Å²) in [5.74, 6) is -0.907. The Hall–Kier alpha value is -1.36. The molecular formula is C18H16Cl2O3S. The van der Waals surface area contributed by atoms with Crippen molar-refractivity contribution < 1.29 is 13.2 Å². The summed E-state index contributed by atoms with van der Waals surface area (Å²) in [7, 11) is -3.65. The van der Waals surface area contributed by atoms with Crippen LogP contribution < -0.4 is 0 Å². The molecule has 0 aliphatic heterocycles. The number of alkyl halides is 2. The highest BCUT2D eigenvalue weighted by Gasteiger charge is 2.52. The van der Waals surface area contributed by atoms with Gasteiger partial charge in [0, 0.05) is 11.5 Å². The first-order chi connectivity index (χ1) is 11.2. The molecule has 0 radical (unpaired) electrons. The fourth-order valence-corrected chi connectivity index (χ4v) is 4.35. The van der Waals surface area contributed by atoms with Gasteiger partial charge in [0.1, 0.15) is 10.1 Å². The van der Waals surface area contributed by atoms with Crippen molar-refractivity contribution >= 4 is 38.8 Å². The SMILES string of the molecule is Cc1ccc(S(=O)(=O)CC(=O)c2ccc([C@@H]3CC3(Cl)Cl)cc2)cc1. The smallest absolute Gasteiger partial charge is 0.185 e. The minimum atomic E-state index is -3.65. The molecule has 0 spiro atoms. The van der Waals surface area contributed by atoms with Crippen LogP contribution in [0.25, 0.3) is 0 Å². The van der Waals surface area contributed by atoms with Crippen LogP contribution in [0.15, 0.2) is 53.4 Å². The first-order valence-electron chi connectivity index (χ1n) is 7.49. The van der Waals surface area contributed by atoms with E-state index in [-0.39, 0.29) is 10.8 Å². The van der Waals surface area contributed by atoms with Gasteiger partial charge in [0.05, 0.1) is 4.90 Å². The van der Waals surface area contributed by atoms with Crippen molar-refractivity contribution in [2.45, 2.75) is 28.5 Å². The van der Waals surface area contributed by atoms with E-state index in [1.807, 2.05) is 6.92 Å². The van der Waals surface area contributed by atoms with Crippen LogP contribution in [0.4, 0.5) is 0 Å². The number of aryl methyl sites for hydroxylation is 1. The number of carbonyl (C=O) groups excluding carboxylic acids is 1. The van der Waals surface area contributed by atoms with Crippen LogP contribution in [0.5, 0.6) is 0 Å². The molecule has 0 N–H and O–H groups in total. The Bertz CT molecular complexity index is 869. The van der Waals surface area contributed by atoms with Gasteiger partial charge in [-0.1, -0.05) is 42.0 Å². The zero-order valence-electron chi connectivity index (χ0n) is 13.0. The largest absolute Gasteiger partial charge is 0.293 e. The molecule has 1 aliphatic carbocycles. The summed E-state index contributed by atoms with van der Waals surface area (Å²) in [6.45, 7) is 1.87. The van der Waals surface area contributed by atoms with Gasteiger partial charge < -0.3 is 0 Å². The standard InChI is InChI=1S/C18H16Cl2O3S/c1-12-2-8-15(9-3-12)24(22,23)11-17(21)14-6-4-13(5-7-14)16-10-18(16,19)20/h2-9,16H,10-11H2,1H3/t16-/m0/s1. The fraction of sp³-hybridized carbons (Fsp3) is 0.278. The molecule has 1 atom stereocenters. The molecule has 0 heterocycles. The maximum Gasteiger partial charge on any atom is 0.185 e. The first-order valence-corrected chi connectivity index (χ1v) is 9.90. The third kappa shape index (κ3) is 3.66. The van der Waals surface area contributed by atoms with Crippen LogP contribution in [0.3, 0.4) is 0 Å². The molecule has 0 saturated heterocycles. The van der Waals surface area contributed by atoms with E-state index in [0.29, 0.717) is 12.0 Å². The summed E-state index contributed by atoms with van der Waals surface area (Å²) in [5.41, 5.74) is 2.29. The van der Waals surface area contributed by atoms with Gasteiger partial charge in [-0.05, 0) is 31.0 Å². The van der Waals surface area contributed by atoms with Gasteiger partial charge in [-0.3, -0.25) is 4.79 Å². The van der Waals surface area contributed by atoms with Crippen molar-refractivity contribution in [2.75, 3.05) is 5.75 Å². The van der Waals surface area contributed by atoms with Crippen LogP contribution in [-0.4, -0.2) is 24.3 Å². The van der Waals surface area contributed by atoms with Crippen molar-refractivity contribution in [3.63, 3.8) is 0 Å². The van der Waals surface area contributed by atoms with Gasteiger partial charge in [0.2, 0.25) is 0 Å². The van der Waals surface area contributed by atoms with Gasteiger partial charge in [-0.25, -0.2) is 8.42 Å². The molecule has 0 aromatic heterocycles. The van der Waals surface area contributed by atoms with Crippen molar-refractivity contribution in [1.29, 1.82) is 0 Å². The summed E-state index contributed by atoms with van der Waals surface area (Å²) >= 11 is 12.1. The Labute approximate surface area is 151 Å². The van der Waals surface area contributed by atoms with Crippen molar-refractivity contribution in [2.24, 2.45) is 0 Å². The van der Waals surface area contributed by atoms with E-state index < -0.39 is 25.7 Å². The van der Waals surface area contributed by atoms with Crippen LogP contribution in [0, 0.1) is 6.92 Å². The Morgan fingerprint density at radius 2 is 1.62 bits per heavy atom. The van der Waals surface area contributed by atoms with E-state index in [2.05, 4.69) is 0 Å². The van der Waals surface area contributed by atoms with Gasteiger partial charge >= 0.3 is 0 Å². The Kier molecular flexibility index (Phi) is 4.49. The number of halogens is 2. The predicted molar refractivity (Wildman–Crippen MR) is 95.8 cm³/mol. The highest BCUT2D eigenvalue weighted by molar-refractivity contribution is 7.92. The second-order valence-corrected chi connectivity index (χ2v) is 9.67. The van der Waals surface area contributed by atoms with Gasteiger partial charge in [-0.15, -0.1) is 23.2 Å². The summed E-state index contributed by atoms with van der Waals surface area (Å²) in [6, 6.07) is 13.3. The number of sulfone groups is 1. The van der Waals surface area contributed by atoms with E-state index >= 15 is 0 Å².